The monoisotopic (exact) mass is 454 g/mol. The lowest BCUT2D eigenvalue weighted by molar-refractivity contribution is 0.110. The van der Waals surface area contributed by atoms with Crippen LogP contribution in [0.4, 0.5) is 0 Å². The van der Waals surface area contributed by atoms with Crippen molar-refractivity contribution in [2.75, 3.05) is 19.8 Å². The molecule has 0 saturated carbocycles. The standard InChI is InChI=1S/C25H30N2O4S/c1-3-21-7-9-22(10-8-21)19-27(20-23-6-5-15-26-18-23)32(28,29)25-13-11-24(12-14-25)31-17-16-30-4-2/h5-15,18H,3-4,16-17,19-20H2,1-2H3. The summed E-state index contributed by atoms with van der Waals surface area (Å²) in [7, 11) is -3.73. The first-order chi connectivity index (χ1) is 15.5. The predicted octanol–water partition coefficient (Wildman–Crippen LogP) is 4.45. The van der Waals surface area contributed by atoms with Crippen molar-refractivity contribution in [3.8, 4) is 5.75 Å². The second-order valence-electron chi connectivity index (χ2n) is 7.32. The van der Waals surface area contributed by atoms with Crippen molar-refractivity contribution in [2.45, 2.75) is 38.3 Å². The molecule has 3 aromatic rings. The molecule has 0 aliphatic heterocycles. The molecule has 0 bridgehead atoms. The molecular formula is C25H30N2O4S. The molecular weight excluding hydrogens is 424 g/mol. The molecule has 0 amide bonds. The van der Waals surface area contributed by atoms with E-state index in [2.05, 4.69) is 11.9 Å². The van der Waals surface area contributed by atoms with Crippen molar-refractivity contribution in [3.63, 3.8) is 0 Å². The van der Waals surface area contributed by atoms with E-state index in [-0.39, 0.29) is 18.0 Å². The highest BCUT2D eigenvalue weighted by Crippen LogP contribution is 2.23. The molecule has 7 heteroatoms. The molecule has 0 aliphatic carbocycles. The van der Waals surface area contributed by atoms with Gasteiger partial charge in [0.15, 0.2) is 0 Å². The number of aromatic nitrogens is 1. The topological polar surface area (TPSA) is 68.7 Å². The van der Waals surface area contributed by atoms with Crippen molar-refractivity contribution in [2.24, 2.45) is 0 Å². The molecule has 0 unspecified atom stereocenters. The van der Waals surface area contributed by atoms with Gasteiger partial charge in [-0.3, -0.25) is 4.98 Å². The number of aryl methyl sites for hydroxylation is 1. The van der Waals surface area contributed by atoms with E-state index in [0.717, 1.165) is 17.5 Å². The fourth-order valence-corrected chi connectivity index (χ4v) is 4.64. The second-order valence-corrected chi connectivity index (χ2v) is 9.26. The van der Waals surface area contributed by atoms with E-state index in [0.29, 0.717) is 25.6 Å². The van der Waals surface area contributed by atoms with Crippen LogP contribution in [0.3, 0.4) is 0 Å². The van der Waals surface area contributed by atoms with Crippen LogP contribution in [0.2, 0.25) is 0 Å². The second kappa shape index (κ2) is 11.8. The normalized spacial score (nSPS) is 11.6. The van der Waals surface area contributed by atoms with Crippen LogP contribution in [0.15, 0.2) is 78.0 Å². The minimum atomic E-state index is -3.73. The number of ether oxygens (including phenoxy) is 2. The van der Waals surface area contributed by atoms with Gasteiger partial charge >= 0.3 is 0 Å². The maximum Gasteiger partial charge on any atom is 0.243 e. The van der Waals surface area contributed by atoms with Gasteiger partial charge in [0, 0.05) is 32.1 Å². The predicted molar refractivity (Wildman–Crippen MR) is 125 cm³/mol. The molecule has 32 heavy (non-hydrogen) atoms. The number of hydrogen-bond acceptors (Lipinski definition) is 5. The third-order valence-electron chi connectivity index (χ3n) is 5.03. The van der Waals surface area contributed by atoms with E-state index in [1.807, 2.05) is 43.3 Å². The van der Waals surface area contributed by atoms with Crippen LogP contribution in [-0.2, 0) is 34.3 Å². The average molecular weight is 455 g/mol. The molecule has 3 rings (SSSR count). The van der Waals surface area contributed by atoms with E-state index in [4.69, 9.17) is 9.47 Å². The first-order valence-electron chi connectivity index (χ1n) is 10.8. The molecule has 170 valence electrons. The molecule has 0 N–H and O–H groups in total. The summed E-state index contributed by atoms with van der Waals surface area (Å²) < 4.78 is 39.4. The molecule has 6 nitrogen and oxygen atoms in total. The van der Waals surface area contributed by atoms with Crippen LogP contribution >= 0.6 is 0 Å². The van der Waals surface area contributed by atoms with E-state index in [1.165, 1.54) is 9.87 Å². The van der Waals surface area contributed by atoms with Gasteiger partial charge in [-0.15, -0.1) is 0 Å². The highest BCUT2D eigenvalue weighted by Gasteiger charge is 2.25. The largest absolute Gasteiger partial charge is 0.491 e. The molecule has 2 aromatic carbocycles. The van der Waals surface area contributed by atoms with Gasteiger partial charge in [-0.05, 0) is 60.4 Å². The summed E-state index contributed by atoms with van der Waals surface area (Å²) in [5, 5.41) is 0. The Hall–Kier alpha value is -2.74. The fourth-order valence-electron chi connectivity index (χ4n) is 3.22. The summed E-state index contributed by atoms with van der Waals surface area (Å²) in [5.74, 6) is 0.609. The number of hydrogen-bond donors (Lipinski definition) is 0. The zero-order valence-electron chi connectivity index (χ0n) is 18.6. The minimum Gasteiger partial charge on any atom is -0.491 e. The molecule has 0 radical (unpaired) electrons. The molecule has 0 fully saturated rings. The Kier molecular flexibility index (Phi) is 8.79. The summed E-state index contributed by atoms with van der Waals surface area (Å²) in [5.41, 5.74) is 2.98. The van der Waals surface area contributed by atoms with Gasteiger partial charge in [0.1, 0.15) is 12.4 Å². The quantitative estimate of drug-likeness (QED) is 0.378. The Morgan fingerprint density at radius 3 is 2.16 bits per heavy atom. The van der Waals surface area contributed by atoms with Crippen molar-refractivity contribution < 1.29 is 17.9 Å². The van der Waals surface area contributed by atoms with E-state index in [1.54, 1.807) is 36.7 Å². The smallest absolute Gasteiger partial charge is 0.243 e. The third-order valence-corrected chi connectivity index (χ3v) is 6.84. The fraction of sp³-hybridized carbons (Fsp3) is 0.320. The van der Waals surface area contributed by atoms with Crippen molar-refractivity contribution in [1.29, 1.82) is 0 Å². The lowest BCUT2D eigenvalue weighted by atomic mass is 10.1. The van der Waals surface area contributed by atoms with Gasteiger partial charge in [-0.25, -0.2) is 8.42 Å². The number of benzene rings is 2. The van der Waals surface area contributed by atoms with E-state index < -0.39 is 10.0 Å². The number of rotatable bonds is 12. The van der Waals surface area contributed by atoms with Crippen LogP contribution in [0.25, 0.3) is 0 Å². The third kappa shape index (κ3) is 6.63. The summed E-state index contributed by atoms with van der Waals surface area (Å²) >= 11 is 0. The van der Waals surface area contributed by atoms with Gasteiger partial charge in [0.05, 0.1) is 11.5 Å². The number of pyridine rings is 1. The maximum atomic E-state index is 13.5. The van der Waals surface area contributed by atoms with Crippen LogP contribution < -0.4 is 4.74 Å². The van der Waals surface area contributed by atoms with Crippen LogP contribution in [0.5, 0.6) is 5.75 Å². The van der Waals surface area contributed by atoms with E-state index >= 15 is 0 Å². The molecule has 0 spiro atoms. The van der Waals surface area contributed by atoms with Crippen LogP contribution in [-0.4, -0.2) is 37.5 Å². The van der Waals surface area contributed by atoms with E-state index in [9.17, 15) is 8.42 Å². The lowest BCUT2D eigenvalue weighted by Crippen LogP contribution is -2.30. The summed E-state index contributed by atoms with van der Waals surface area (Å²) in [6.07, 6.45) is 4.31. The molecule has 1 aromatic heterocycles. The number of sulfonamides is 1. The maximum absolute atomic E-state index is 13.5. The van der Waals surface area contributed by atoms with Crippen molar-refractivity contribution in [3.05, 3.63) is 89.7 Å². The lowest BCUT2D eigenvalue weighted by Gasteiger charge is -2.23. The Bertz CT molecular complexity index is 1050. The first kappa shape index (κ1) is 23.9. The average Bonchev–Trinajstić information content (AvgIpc) is 2.83. The van der Waals surface area contributed by atoms with Crippen molar-refractivity contribution >= 4 is 10.0 Å². The van der Waals surface area contributed by atoms with Crippen LogP contribution in [0, 0.1) is 0 Å². The summed E-state index contributed by atoms with van der Waals surface area (Å²) in [6, 6.07) is 18.3. The molecule has 0 atom stereocenters. The summed E-state index contributed by atoms with van der Waals surface area (Å²) in [4.78, 5) is 4.35. The number of nitrogens with zero attached hydrogens (tertiary/aromatic N) is 2. The Balaban J connectivity index is 1.81. The Morgan fingerprint density at radius 1 is 0.844 bits per heavy atom. The highest BCUT2D eigenvalue weighted by molar-refractivity contribution is 7.89. The SMILES string of the molecule is CCOCCOc1ccc(S(=O)(=O)N(Cc2ccc(CC)cc2)Cc2cccnc2)cc1. The van der Waals surface area contributed by atoms with Crippen molar-refractivity contribution in [1.82, 2.24) is 9.29 Å². The Morgan fingerprint density at radius 2 is 1.53 bits per heavy atom. The van der Waals surface area contributed by atoms with Gasteiger partial charge in [0.2, 0.25) is 10.0 Å². The van der Waals surface area contributed by atoms with Gasteiger partial charge in [0.25, 0.3) is 0 Å². The summed E-state index contributed by atoms with van der Waals surface area (Å²) in [6.45, 7) is 6.07. The minimum absolute atomic E-state index is 0.226. The Labute approximate surface area is 190 Å². The first-order valence-corrected chi connectivity index (χ1v) is 12.2. The highest BCUT2D eigenvalue weighted by atomic mass is 32.2. The molecule has 0 aliphatic rings. The zero-order valence-corrected chi connectivity index (χ0v) is 19.4. The molecule has 0 saturated heterocycles. The van der Waals surface area contributed by atoms with Gasteiger partial charge in [-0.1, -0.05) is 37.3 Å². The van der Waals surface area contributed by atoms with Gasteiger partial charge < -0.3 is 9.47 Å². The van der Waals surface area contributed by atoms with Gasteiger partial charge in [-0.2, -0.15) is 4.31 Å². The zero-order chi connectivity index (χ0) is 22.8. The van der Waals surface area contributed by atoms with Crippen LogP contribution in [0.1, 0.15) is 30.5 Å². The molecule has 1 heterocycles.